The Kier molecular flexibility index (Phi) is 5.83. The van der Waals surface area contributed by atoms with Crippen LogP contribution in [-0.4, -0.2) is 27.7 Å². The molecule has 162 valence electrons. The van der Waals surface area contributed by atoms with Gasteiger partial charge < -0.3 is 9.47 Å². The van der Waals surface area contributed by atoms with Gasteiger partial charge in [-0.15, -0.1) is 0 Å². The van der Waals surface area contributed by atoms with Crippen molar-refractivity contribution in [3.05, 3.63) is 90.1 Å². The van der Waals surface area contributed by atoms with E-state index >= 15 is 0 Å². The smallest absolute Gasteiger partial charge is 0.308 e. The van der Waals surface area contributed by atoms with Gasteiger partial charge in [-0.1, -0.05) is 47.2 Å². The van der Waals surface area contributed by atoms with E-state index in [9.17, 15) is 14.4 Å². The summed E-state index contributed by atoms with van der Waals surface area (Å²) in [7, 11) is 1.46. The van der Waals surface area contributed by atoms with Crippen LogP contribution in [-0.2, 0) is 11.2 Å². The number of nitrogens with zero attached hydrogens (tertiary/aromatic N) is 3. The van der Waals surface area contributed by atoms with Crippen LogP contribution in [0.3, 0.4) is 0 Å². The lowest BCUT2D eigenvalue weighted by atomic mass is 10.1. The van der Waals surface area contributed by atoms with Gasteiger partial charge in [0.25, 0.3) is 11.1 Å². The van der Waals surface area contributed by atoms with E-state index < -0.39 is 11.5 Å². The van der Waals surface area contributed by atoms with Crippen LogP contribution in [0, 0.1) is 6.92 Å². The second kappa shape index (κ2) is 8.72. The Morgan fingerprint density at radius 3 is 2.56 bits per heavy atom. The number of aryl methyl sites for hydroxylation is 1. The number of methoxy groups -OCH3 is 1. The van der Waals surface area contributed by atoms with Crippen LogP contribution in [0.2, 0.25) is 0 Å². The van der Waals surface area contributed by atoms with Crippen molar-refractivity contribution in [2.24, 2.45) is 0 Å². The molecule has 0 spiro atoms. The highest BCUT2D eigenvalue weighted by molar-refractivity contribution is 7.15. The third-order valence-electron chi connectivity index (χ3n) is 4.68. The van der Waals surface area contributed by atoms with Crippen molar-refractivity contribution in [3.8, 4) is 11.5 Å². The van der Waals surface area contributed by atoms with Gasteiger partial charge in [0.15, 0.2) is 11.5 Å². The molecule has 2 heterocycles. The first-order valence-corrected chi connectivity index (χ1v) is 10.5. The van der Waals surface area contributed by atoms with Gasteiger partial charge in [-0.05, 0) is 36.3 Å². The second-order valence-corrected chi connectivity index (χ2v) is 8.15. The number of carbonyl (C=O) groups excluding carboxylic acids is 1. The van der Waals surface area contributed by atoms with Gasteiger partial charge in [0.1, 0.15) is 5.69 Å². The van der Waals surface area contributed by atoms with E-state index in [-0.39, 0.29) is 28.4 Å². The molecule has 4 aromatic rings. The molecule has 0 aliphatic carbocycles. The van der Waals surface area contributed by atoms with E-state index in [0.717, 1.165) is 27.0 Å². The van der Waals surface area contributed by atoms with E-state index in [2.05, 4.69) is 10.1 Å². The van der Waals surface area contributed by atoms with E-state index in [4.69, 9.17) is 9.47 Å². The van der Waals surface area contributed by atoms with Gasteiger partial charge in [0.2, 0.25) is 4.96 Å². The molecular weight excluding hydrogens is 430 g/mol. The minimum Gasteiger partial charge on any atom is -0.493 e. The van der Waals surface area contributed by atoms with Crippen molar-refractivity contribution in [3.63, 3.8) is 0 Å². The Bertz CT molecular complexity index is 1490. The number of carbonyl (C=O) groups is 1. The van der Waals surface area contributed by atoms with E-state index in [1.54, 1.807) is 24.3 Å². The molecule has 0 atom stereocenters. The number of hydrogen-bond donors (Lipinski definition) is 0. The van der Waals surface area contributed by atoms with E-state index in [0.29, 0.717) is 15.8 Å². The molecule has 0 saturated heterocycles. The first kappa shape index (κ1) is 21.4. The second-order valence-electron chi connectivity index (χ2n) is 7.14. The number of fused-ring (bicyclic) bond motifs is 1. The third-order valence-corrected chi connectivity index (χ3v) is 5.64. The first-order chi connectivity index (χ1) is 15.3. The lowest BCUT2D eigenvalue weighted by Gasteiger charge is -2.08. The Morgan fingerprint density at radius 2 is 1.88 bits per heavy atom. The van der Waals surface area contributed by atoms with Gasteiger partial charge in [-0.25, -0.2) is 0 Å². The number of rotatable bonds is 5. The number of hydrogen-bond acceptors (Lipinski definition) is 8. The summed E-state index contributed by atoms with van der Waals surface area (Å²) in [6, 6.07) is 12.7. The van der Waals surface area contributed by atoms with Crippen molar-refractivity contribution in [2.75, 3.05) is 7.11 Å². The average molecular weight is 449 g/mol. The predicted molar refractivity (Wildman–Crippen MR) is 120 cm³/mol. The Labute approximate surface area is 186 Å². The summed E-state index contributed by atoms with van der Waals surface area (Å²) in [6.45, 7) is 3.28. The number of esters is 1. The third kappa shape index (κ3) is 4.42. The molecule has 8 nitrogen and oxygen atoms in total. The number of ether oxygens (including phenoxy) is 2. The minimum absolute atomic E-state index is 0.209. The lowest BCUT2D eigenvalue weighted by Crippen LogP contribution is -2.28. The van der Waals surface area contributed by atoms with E-state index in [1.807, 2.05) is 31.2 Å². The fourth-order valence-electron chi connectivity index (χ4n) is 3.12. The summed E-state index contributed by atoms with van der Waals surface area (Å²) in [5.74, 6) is 0.175. The van der Waals surface area contributed by atoms with Gasteiger partial charge in [-0.3, -0.25) is 14.4 Å². The van der Waals surface area contributed by atoms with Crippen molar-refractivity contribution in [1.29, 1.82) is 0 Å². The quantitative estimate of drug-likeness (QED) is 0.339. The summed E-state index contributed by atoms with van der Waals surface area (Å²) < 4.78 is 11.9. The molecule has 0 radical (unpaired) electrons. The van der Waals surface area contributed by atoms with Gasteiger partial charge in [-0.2, -0.15) is 14.6 Å². The molecule has 0 N–H and O–H groups in total. The zero-order chi connectivity index (χ0) is 22.8. The minimum atomic E-state index is -0.463. The molecule has 4 rings (SSSR count). The standard InChI is InChI=1S/C23H19N3O5S/c1-13-4-6-15(7-5-13)10-17-21(28)24-23-26(25-17)22(29)20(32-23)12-16-8-9-18(31-14(2)27)19(11-16)30-3/h4-9,11-12H,10H2,1-3H3. The molecule has 2 aromatic carbocycles. The van der Waals surface area contributed by atoms with Crippen molar-refractivity contribution < 1.29 is 14.3 Å². The Hall–Kier alpha value is -3.85. The van der Waals surface area contributed by atoms with Crippen molar-refractivity contribution >= 4 is 28.3 Å². The molecule has 2 aromatic heterocycles. The normalized spacial score (nSPS) is 11.7. The molecule has 0 saturated carbocycles. The van der Waals surface area contributed by atoms with Crippen LogP contribution < -0.4 is 25.1 Å². The largest absolute Gasteiger partial charge is 0.493 e. The highest BCUT2D eigenvalue weighted by Crippen LogP contribution is 2.28. The summed E-state index contributed by atoms with van der Waals surface area (Å²) in [4.78, 5) is 40.8. The SMILES string of the molecule is COc1cc(C=c2sc3nc(=O)c(Cc4ccc(C)cc4)nn3c2=O)ccc1OC(C)=O. The monoisotopic (exact) mass is 449 g/mol. The molecule has 0 fully saturated rings. The molecule has 9 heteroatoms. The van der Waals surface area contributed by atoms with Gasteiger partial charge in [0.05, 0.1) is 11.6 Å². The van der Waals surface area contributed by atoms with Gasteiger partial charge in [0, 0.05) is 13.3 Å². The van der Waals surface area contributed by atoms with Crippen LogP contribution in [0.5, 0.6) is 11.5 Å². The van der Waals surface area contributed by atoms with E-state index in [1.165, 1.54) is 14.0 Å². The molecule has 0 amide bonds. The Morgan fingerprint density at radius 1 is 1.12 bits per heavy atom. The number of aromatic nitrogens is 3. The first-order valence-electron chi connectivity index (χ1n) is 9.70. The van der Waals surface area contributed by atoms with Crippen LogP contribution >= 0.6 is 11.3 Å². The molecule has 0 aliphatic heterocycles. The van der Waals surface area contributed by atoms with Crippen LogP contribution in [0.25, 0.3) is 11.0 Å². The average Bonchev–Trinajstić information content (AvgIpc) is 3.05. The summed E-state index contributed by atoms with van der Waals surface area (Å²) in [5.41, 5.74) is 2.07. The predicted octanol–water partition coefficient (Wildman–Crippen LogP) is 1.89. The molecule has 0 aliphatic rings. The van der Waals surface area contributed by atoms with Crippen LogP contribution in [0.15, 0.2) is 52.1 Å². The van der Waals surface area contributed by atoms with Crippen molar-refractivity contribution in [1.82, 2.24) is 14.6 Å². The molecular formula is C23H19N3O5S. The maximum atomic E-state index is 12.9. The summed E-state index contributed by atoms with van der Waals surface area (Å²) in [6.07, 6.45) is 1.94. The zero-order valence-electron chi connectivity index (χ0n) is 17.6. The summed E-state index contributed by atoms with van der Waals surface area (Å²) >= 11 is 1.07. The molecule has 0 unspecified atom stereocenters. The highest BCUT2D eigenvalue weighted by atomic mass is 32.1. The fraction of sp³-hybridized carbons (Fsp3) is 0.174. The molecule has 32 heavy (non-hydrogen) atoms. The fourth-order valence-corrected chi connectivity index (χ4v) is 4.02. The number of benzene rings is 2. The topological polar surface area (TPSA) is 99.9 Å². The maximum absolute atomic E-state index is 12.9. The zero-order valence-corrected chi connectivity index (χ0v) is 18.4. The Balaban J connectivity index is 1.74. The van der Waals surface area contributed by atoms with Crippen LogP contribution in [0.1, 0.15) is 29.3 Å². The summed E-state index contributed by atoms with van der Waals surface area (Å²) in [5, 5.41) is 4.27. The number of thiazole rings is 1. The van der Waals surface area contributed by atoms with Crippen molar-refractivity contribution in [2.45, 2.75) is 20.3 Å². The lowest BCUT2D eigenvalue weighted by molar-refractivity contribution is -0.132. The maximum Gasteiger partial charge on any atom is 0.308 e. The molecule has 0 bridgehead atoms. The van der Waals surface area contributed by atoms with Crippen LogP contribution in [0.4, 0.5) is 0 Å². The van der Waals surface area contributed by atoms with Gasteiger partial charge >= 0.3 is 5.97 Å². The highest BCUT2D eigenvalue weighted by Gasteiger charge is 2.12.